The number of carbonyl (C=O) groups excluding carboxylic acids is 3. The first-order valence-electron chi connectivity index (χ1n) is 9.48. The Kier molecular flexibility index (Phi) is 6.65. The molecule has 0 atom stereocenters. The molecule has 3 aromatic carbocycles. The Morgan fingerprint density at radius 2 is 1.66 bits per heavy atom. The molecule has 0 N–H and O–H groups in total. The zero-order valence-corrected chi connectivity index (χ0v) is 18.8. The van der Waals surface area contributed by atoms with Gasteiger partial charge in [0, 0.05) is 5.02 Å². The molecule has 5 nitrogen and oxygen atoms in total. The lowest BCUT2D eigenvalue weighted by atomic mass is 10.2. The van der Waals surface area contributed by atoms with E-state index in [0.717, 1.165) is 16.7 Å². The van der Waals surface area contributed by atoms with Gasteiger partial charge < -0.3 is 4.74 Å². The third kappa shape index (κ3) is 4.88. The van der Waals surface area contributed by atoms with Crippen molar-refractivity contribution in [2.24, 2.45) is 0 Å². The molecule has 0 spiro atoms. The summed E-state index contributed by atoms with van der Waals surface area (Å²) in [6.45, 7) is 0.0944. The minimum Gasteiger partial charge on any atom is -0.423 e. The number of thioether (sulfide) groups is 1. The predicted molar refractivity (Wildman–Crippen MR) is 126 cm³/mol. The number of carbonyl (C=O) groups is 3. The van der Waals surface area contributed by atoms with E-state index in [2.05, 4.69) is 0 Å². The molecule has 0 bridgehead atoms. The normalized spacial score (nSPS) is 14.8. The average molecular weight is 484 g/mol. The molecule has 0 saturated carbocycles. The van der Waals surface area contributed by atoms with E-state index in [1.165, 1.54) is 0 Å². The molecule has 0 radical (unpaired) electrons. The van der Waals surface area contributed by atoms with E-state index in [-0.39, 0.29) is 22.3 Å². The van der Waals surface area contributed by atoms with Gasteiger partial charge in [0.05, 0.1) is 22.0 Å². The molecule has 1 aliphatic heterocycles. The number of amides is 2. The monoisotopic (exact) mass is 483 g/mol. The number of imide groups is 1. The molecule has 0 aliphatic carbocycles. The van der Waals surface area contributed by atoms with E-state index in [1.807, 2.05) is 0 Å². The lowest BCUT2D eigenvalue weighted by Gasteiger charge is -2.13. The number of ether oxygens (including phenoxy) is 1. The summed E-state index contributed by atoms with van der Waals surface area (Å²) in [5.41, 5.74) is 1.55. The number of hydrogen-bond donors (Lipinski definition) is 0. The van der Waals surface area contributed by atoms with Crippen LogP contribution in [0.5, 0.6) is 5.75 Å². The summed E-state index contributed by atoms with van der Waals surface area (Å²) in [5.74, 6) is -0.704. The van der Waals surface area contributed by atoms with Crippen LogP contribution in [0, 0.1) is 0 Å². The number of nitrogens with zero attached hydrogens (tertiary/aromatic N) is 1. The molecule has 1 heterocycles. The fraction of sp³-hybridized carbons (Fsp3) is 0.0417. The first kappa shape index (κ1) is 22.1. The van der Waals surface area contributed by atoms with Gasteiger partial charge in [-0.05, 0) is 59.3 Å². The van der Waals surface area contributed by atoms with Gasteiger partial charge in [-0.15, -0.1) is 0 Å². The second-order valence-corrected chi connectivity index (χ2v) is 8.61. The molecule has 3 aromatic rings. The summed E-state index contributed by atoms with van der Waals surface area (Å²) in [4.78, 5) is 39.0. The van der Waals surface area contributed by atoms with E-state index >= 15 is 0 Å². The van der Waals surface area contributed by atoms with Crippen molar-refractivity contribution in [2.75, 3.05) is 0 Å². The van der Waals surface area contributed by atoms with Gasteiger partial charge >= 0.3 is 5.97 Å². The Hall–Kier alpha value is -3.06. The Morgan fingerprint density at radius 3 is 2.41 bits per heavy atom. The molecule has 1 fully saturated rings. The van der Waals surface area contributed by atoms with Crippen LogP contribution in [0.4, 0.5) is 4.79 Å². The number of benzene rings is 3. The molecular formula is C24H15Cl2NO4S. The minimum atomic E-state index is -0.590. The van der Waals surface area contributed by atoms with Crippen LogP contribution in [-0.2, 0) is 11.3 Å². The van der Waals surface area contributed by atoms with E-state index in [0.29, 0.717) is 26.9 Å². The summed E-state index contributed by atoms with van der Waals surface area (Å²) in [5, 5.41) is 0.409. The molecule has 4 rings (SSSR count). The van der Waals surface area contributed by atoms with Crippen LogP contribution in [0.15, 0.2) is 77.7 Å². The highest BCUT2D eigenvalue weighted by molar-refractivity contribution is 8.18. The third-order valence-corrected chi connectivity index (χ3v) is 6.23. The van der Waals surface area contributed by atoms with Crippen LogP contribution in [0.1, 0.15) is 21.5 Å². The van der Waals surface area contributed by atoms with E-state index in [4.69, 9.17) is 27.9 Å². The average Bonchev–Trinajstić information content (AvgIpc) is 3.03. The largest absolute Gasteiger partial charge is 0.423 e. The molecule has 8 heteroatoms. The number of rotatable bonds is 5. The standard InChI is InChI=1S/C24H15Cl2NO4S/c25-19-10-3-1-7-16(19)14-27-22(28)21(32-24(27)30)13-15-6-5-8-17(12-15)31-23(29)18-9-2-4-11-20(18)26/h1-13H,14H2/b21-13-. The molecule has 1 aliphatic rings. The SMILES string of the molecule is O=C(Oc1cccc(/C=C2\SC(=O)N(Cc3ccccc3Cl)C2=O)c1)c1ccccc1Cl. The van der Waals surface area contributed by atoms with Crippen LogP contribution in [0.3, 0.4) is 0 Å². The maximum atomic E-state index is 12.8. The van der Waals surface area contributed by atoms with Crippen molar-refractivity contribution in [1.82, 2.24) is 4.90 Å². The van der Waals surface area contributed by atoms with Gasteiger partial charge in [-0.25, -0.2) is 4.79 Å². The van der Waals surface area contributed by atoms with E-state index in [1.54, 1.807) is 78.9 Å². The molecule has 1 saturated heterocycles. The smallest absolute Gasteiger partial charge is 0.345 e. The van der Waals surface area contributed by atoms with E-state index < -0.39 is 11.9 Å². The zero-order chi connectivity index (χ0) is 22.7. The van der Waals surface area contributed by atoms with Crippen LogP contribution in [0.25, 0.3) is 6.08 Å². The number of halogens is 2. The lowest BCUT2D eigenvalue weighted by Crippen LogP contribution is -2.27. The second kappa shape index (κ2) is 9.61. The van der Waals surface area contributed by atoms with Gasteiger partial charge in [-0.3, -0.25) is 14.5 Å². The highest BCUT2D eigenvalue weighted by Crippen LogP contribution is 2.34. The van der Waals surface area contributed by atoms with E-state index in [9.17, 15) is 14.4 Å². The Balaban J connectivity index is 1.51. The van der Waals surface area contributed by atoms with Crippen molar-refractivity contribution < 1.29 is 19.1 Å². The van der Waals surface area contributed by atoms with Gasteiger partial charge in [0.25, 0.3) is 11.1 Å². The van der Waals surface area contributed by atoms with Gasteiger partial charge in [-0.1, -0.05) is 65.7 Å². The maximum absolute atomic E-state index is 12.8. The van der Waals surface area contributed by atoms with Crippen molar-refractivity contribution in [3.63, 3.8) is 0 Å². The molecule has 0 aromatic heterocycles. The Morgan fingerprint density at radius 1 is 0.938 bits per heavy atom. The summed E-state index contributed by atoms with van der Waals surface area (Å²) >= 11 is 13.1. The van der Waals surface area contributed by atoms with Crippen LogP contribution >= 0.6 is 35.0 Å². The fourth-order valence-electron chi connectivity index (χ4n) is 3.04. The second-order valence-electron chi connectivity index (χ2n) is 6.80. The molecule has 160 valence electrons. The van der Waals surface area contributed by atoms with Crippen molar-refractivity contribution in [3.05, 3.63) is 104 Å². The third-order valence-electron chi connectivity index (χ3n) is 4.62. The van der Waals surface area contributed by atoms with Gasteiger partial charge in [0.1, 0.15) is 5.75 Å². The highest BCUT2D eigenvalue weighted by Gasteiger charge is 2.35. The molecule has 0 unspecified atom stereocenters. The van der Waals surface area contributed by atoms with Gasteiger partial charge in [0.2, 0.25) is 0 Å². The van der Waals surface area contributed by atoms with Crippen molar-refractivity contribution >= 4 is 58.2 Å². The Bertz CT molecular complexity index is 1260. The van der Waals surface area contributed by atoms with Crippen molar-refractivity contribution in [1.29, 1.82) is 0 Å². The Labute approximate surface area is 198 Å². The van der Waals surface area contributed by atoms with Gasteiger partial charge in [0.15, 0.2) is 0 Å². The summed E-state index contributed by atoms with van der Waals surface area (Å²) in [6, 6.07) is 20.3. The summed E-state index contributed by atoms with van der Waals surface area (Å²) in [6.07, 6.45) is 1.59. The number of esters is 1. The maximum Gasteiger partial charge on any atom is 0.345 e. The van der Waals surface area contributed by atoms with Crippen molar-refractivity contribution in [3.8, 4) is 5.75 Å². The molecular weight excluding hydrogens is 469 g/mol. The zero-order valence-electron chi connectivity index (χ0n) is 16.5. The fourth-order valence-corrected chi connectivity index (χ4v) is 4.29. The molecule has 32 heavy (non-hydrogen) atoms. The van der Waals surface area contributed by atoms with Crippen LogP contribution in [-0.4, -0.2) is 22.0 Å². The van der Waals surface area contributed by atoms with Crippen molar-refractivity contribution in [2.45, 2.75) is 6.54 Å². The quantitative estimate of drug-likeness (QED) is 0.237. The summed E-state index contributed by atoms with van der Waals surface area (Å²) in [7, 11) is 0. The summed E-state index contributed by atoms with van der Waals surface area (Å²) < 4.78 is 5.41. The topological polar surface area (TPSA) is 63.7 Å². The highest BCUT2D eigenvalue weighted by atomic mass is 35.5. The minimum absolute atomic E-state index is 0.0944. The number of hydrogen-bond acceptors (Lipinski definition) is 5. The van der Waals surface area contributed by atoms with Crippen LogP contribution in [0.2, 0.25) is 10.0 Å². The lowest BCUT2D eigenvalue weighted by molar-refractivity contribution is -0.123. The first-order valence-corrected chi connectivity index (χ1v) is 11.0. The predicted octanol–water partition coefficient (Wildman–Crippen LogP) is 6.45. The first-order chi connectivity index (χ1) is 15.4. The van der Waals surface area contributed by atoms with Crippen LogP contribution < -0.4 is 4.74 Å². The van der Waals surface area contributed by atoms with Gasteiger partial charge in [-0.2, -0.15) is 0 Å². The molecule has 2 amide bonds.